The van der Waals surface area contributed by atoms with E-state index in [-0.39, 0.29) is 5.91 Å². The molecule has 114 valence electrons. The molecule has 1 aromatic carbocycles. The molecule has 1 aromatic rings. The fraction of sp³-hybridized carbons (Fsp3) is 0.471. The summed E-state index contributed by atoms with van der Waals surface area (Å²) in [5.41, 5.74) is 0.645. The van der Waals surface area contributed by atoms with Crippen molar-refractivity contribution in [1.82, 2.24) is 10.2 Å². The lowest BCUT2D eigenvalue weighted by Gasteiger charge is -2.32. The maximum absolute atomic E-state index is 12.7. The van der Waals surface area contributed by atoms with E-state index in [9.17, 15) is 4.79 Å². The van der Waals surface area contributed by atoms with E-state index in [0.717, 1.165) is 32.5 Å². The zero-order valence-corrected chi connectivity index (χ0v) is 12.7. The van der Waals surface area contributed by atoms with Crippen molar-refractivity contribution in [2.75, 3.05) is 33.3 Å². The van der Waals surface area contributed by atoms with Gasteiger partial charge in [0.1, 0.15) is 12.4 Å². The van der Waals surface area contributed by atoms with E-state index in [2.05, 4.69) is 11.9 Å². The molecule has 1 fully saturated rings. The molecule has 0 bridgehead atoms. The number of nitrogens with one attached hydrogen (secondary N) is 1. The van der Waals surface area contributed by atoms with Crippen LogP contribution in [0.15, 0.2) is 36.9 Å². The van der Waals surface area contributed by atoms with Crippen LogP contribution in [-0.2, 0) is 0 Å². The van der Waals surface area contributed by atoms with Gasteiger partial charge in [-0.25, -0.2) is 0 Å². The van der Waals surface area contributed by atoms with Crippen LogP contribution < -0.4 is 10.1 Å². The van der Waals surface area contributed by atoms with Gasteiger partial charge in [-0.1, -0.05) is 24.8 Å². The topological polar surface area (TPSA) is 41.6 Å². The molecule has 0 saturated carbocycles. The Kier molecular flexibility index (Phi) is 5.81. The maximum atomic E-state index is 12.7. The van der Waals surface area contributed by atoms with Crippen molar-refractivity contribution in [2.45, 2.75) is 12.8 Å². The van der Waals surface area contributed by atoms with E-state index in [1.54, 1.807) is 6.08 Å². The molecular weight excluding hydrogens is 264 g/mol. The monoisotopic (exact) mass is 288 g/mol. The highest BCUT2D eigenvalue weighted by molar-refractivity contribution is 5.97. The number of hydrogen-bond donors (Lipinski definition) is 1. The first-order chi connectivity index (χ1) is 10.3. The predicted octanol–water partition coefficient (Wildman–Crippen LogP) is 2.32. The van der Waals surface area contributed by atoms with E-state index >= 15 is 0 Å². The zero-order chi connectivity index (χ0) is 15.1. The van der Waals surface area contributed by atoms with E-state index < -0.39 is 0 Å². The molecule has 1 heterocycles. The molecule has 4 heteroatoms. The minimum atomic E-state index is 0.0672. The van der Waals surface area contributed by atoms with Gasteiger partial charge in [0.05, 0.1) is 5.56 Å². The molecule has 2 rings (SSSR count). The molecule has 1 aliphatic heterocycles. The number of carbonyl (C=O) groups excluding carboxylic acids is 1. The number of ether oxygens (including phenoxy) is 1. The first-order valence-corrected chi connectivity index (χ1v) is 7.53. The number of para-hydroxylation sites is 1. The molecule has 0 aromatic heterocycles. The first kappa shape index (κ1) is 15.6. The molecular formula is C17H24N2O2. The summed E-state index contributed by atoms with van der Waals surface area (Å²) in [6.07, 6.45) is 3.80. The van der Waals surface area contributed by atoms with Gasteiger partial charge >= 0.3 is 0 Å². The third-order valence-corrected chi connectivity index (χ3v) is 3.87. The largest absolute Gasteiger partial charge is 0.489 e. The molecule has 0 unspecified atom stereocenters. The second kappa shape index (κ2) is 7.84. The summed E-state index contributed by atoms with van der Waals surface area (Å²) in [6, 6.07) is 7.43. The third kappa shape index (κ3) is 4.08. The zero-order valence-electron chi connectivity index (χ0n) is 12.7. The van der Waals surface area contributed by atoms with E-state index in [1.165, 1.54) is 0 Å². The average Bonchev–Trinajstić information content (AvgIpc) is 2.53. The Labute approximate surface area is 126 Å². The molecule has 1 N–H and O–H groups in total. The van der Waals surface area contributed by atoms with Crippen LogP contribution in [0, 0.1) is 5.92 Å². The van der Waals surface area contributed by atoms with Crippen molar-refractivity contribution in [3.05, 3.63) is 42.5 Å². The SMILES string of the molecule is C=CCOc1ccccc1C(=O)N1CCC(CNC)CC1. The van der Waals surface area contributed by atoms with Crippen molar-refractivity contribution in [2.24, 2.45) is 5.92 Å². The summed E-state index contributed by atoms with van der Waals surface area (Å²) in [7, 11) is 1.98. The van der Waals surface area contributed by atoms with Crippen molar-refractivity contribution in [1.29, 1.82) is 0 Å². The van der Waals surface area contributed by atoms with Crippen molar-refractivity contribution in [3.8, 4) is 5.75 Å². The molecule has 0 aliphatic carbocycles. The van der Waals surface area contributed by atoms with Gasteiger partial charge in [-0.3, -0.25) is 4.79 Å². The van der Waals surface area contributed by atoms with E-state index in [0.29, 0.717) is 23.8 Å². The highest BCUT2D eigenvalue weighted by Gasteiger charge is 2.24. The lowest BCUT2D eigenvalue weighted by atomic mass is 9.96. The standard InChI is InChI=1S/C17H24N2O2/c1-3-12-21-16-7-5-4-6-15(16)17(20)19-10-8-14(9-11-19)13-18-2/h3-7,14,18H,1,8-13H2,2H3. The first-order valence-electron chi connectivity index (χ1n) is 7.53. The number of rotatable bonds is 6. The van der Waals surface area contributed by atoms with Crippen LogP contribution in [0.3, 0.4) is 0 Å². The summed E-state index contributed by atoms with van der Waals surface area (Å²) < 4.78 is 5.58. The molecule has 1 saturated heterocycles. The molecule has 1 amide bonds. The van der Waals surface area contributed by atoms with Crippen LogP contribution in [0.25, 0.3) is 0 Å². The van der Waals surface area contributed by atoms with Gasteiger partial charge in [0.25, 0.3) is 5.91 Å². The number of amides is 1. The second-order valence-electron chi connectivity index (χ2n) is 5.39. The smallest absolute Gasteiger partial charge is 0.257 e. The Bertz CT molecular complexity index is 479. The molecule has 4 nitrogen and oxygen atoms in total. The summed E-state index contributed by atoms with van der Waals surface area (Å²) in [5.74, 6) is 1.38. The van der Waals surface area contributed by atoms with Crippen LogP contribution in [0.2, 0.25) is 0 Å². The summed E-state index contributed by atoms with van der Waals surface area (Å²) in [6.45, 7) is 6.72. The Morgan fingerprint density at radius 1 is 1.43 bits per heavy atom. The van der Waals surface area contributed by atoms with E-state index in [1.807, 2.05) is 36.2 Å². The fourth-order valence-corrected chi connectivity index (χ4v) is 2.72. The Hall–Kier alpha value is -1.81. The Morgan fingerprint density at radius 2 is 2.14 bits per heavy atom. The van der Waals surface area contributed by atoms with Gasteiger partial charge in [-0.15, -0.1) is 0 Å². The molecule has 0 atom stereocenters. The van der Waals surface area contributed by atoms with Crippen LogP contribution >= 0.6 is 0 Å². The van der Waals surface area contributed by atoms with Crippen LogP contribution in [0.5, 0.6) is 5.75 Å². The second-order valence-corrected chi connectivity index (χ2v) is 5.39. The molecule has 0 spiro atoms. The number of benzene rings is 1. The van der Waals surface area contributed by atoms with Crippen molar-refractivity contribution < 1.29 is 9.53 Å². The minimum Gasteiger partial charge on any atom is -0.489 e. The van der Waals surface area contributed by atoms with E-state index in [4.69, 9.17) is 4.74 Å². The lowest BCUT2D eigenvalue weighted by molar-refractivity contribution is 0.0687. The lowest BCUT2D eigenvalue weighted by Crippen LogP contribution is -2.40. The van der Waals surface area contributed by atoms with Gasteiger partial charge in [-0.05, 0) is 44.5 Å². The summed E-state index contributed by atoms with van der Waals surface area (Å²) in [4.78, 5) is 14.6. The van der Waals surface area contributed by atoms with Gasteiger partial charge < -0.3 is 15.0 Å². The summed E-state index contributed by atoms with van der Waals surface area (Å²) in [5, 5.41) is 3.21. The fourth-order valence-electron chi connectivity index (χ4n) is 2.72. The molecule has 1 aliphatic rings. The van der Waals surface area contributed by atoms with Crippen LogP contribution in [-0.4, -0.2) is 44.1 Å². The molecule has 0 radical (unpaired) electrons. The summed E-state index contributed by atoms with van der Waals surface area (Å²) >= 11 is 0. The van der Waals surface area contributed by atoms with Gasteiger partial charge in [0.15, 0.2) is 0 Å². The van der Waals surface area contributed by atoms with Gasteiger partial charge in [0.2, 0.25) is 0 Å². The highest BCUT2D eigenvalue weighted by atomic mass is 16.5. The van der Waals surface area contributed by atoms with Crippen molar-refractivity contribution in [3.63, 3.8) is 0 Å². The Morgan fingerprint density at radius 3 is 2.81 bits per heavy atom. The number of hydrogen-bond acceptors (Lipinski definition) is 3. The normalized spacial score (nSPS) is 15.8. The van der Waals surface area contributed by atoms with Crippen LogP contribution in [0.4, 0.5) is 0 Å². The number of likely N-dealkylation sites (tertiary alicyclic amines) is 1. The van der Waals surface area contributed by atoms with Gasteiger partial charge in [-0.2, -0.15) is 0 Å². The minimum absolute atomic E-state index is 0.0672. The maximum Gasteiger partial charge on any atom is 0.257 e. The number of piperidine rings is 1. The number of nitrogens with zero attached hydrogens (tertiary/aromatic N) is 1. The highest BCUT2D eigenvalue weighted by Crippen LogP contribution is 2.23. The van der Waals surface area contributed by atoms with Crippen molar-refractivity contribution >= 4 is 5.91 Å². The van der Waals surface area contributed by atoms with Crippen LogP contribution in [0.1, 0.15) is 23.2 Å². The number of carbonyl (C=O) groups is 1. The predicted molar refractivity (Wildman–Crippen MR) is 84.7 cm³/mol. The average molecular weight is 288 g/mol. The quantitative estimate of drug-likeness (QED) is 0.817. The third-order valence-electron chi connectivity index (χ3n) is 3.87. The van der Waals surface area contributed by atoms with Gasteiger partial charge in [0, 0.05) is 13.1 Å². The Balaban J connectivity index is 2.02. The molecule has 21 heavy (non-hydrogen) atoms.